The number of carboxylic acids is 1. The molecule has 2 heterocycles. The van der Waals surface area contributed by atoms with Crippen molar-refractivity contribution in [1.82, 2.24) is 9.97 Å². The van der Waals surface area contributed by atoms with Gasteiger partial charge in [-0.2, -0.15) is 0 Å². The number of nitrogens with zero attached hydrogens (tertiary/aromatic N) is 3. The van der Waals surface area contributed by atoms with Gasteiger partial charge < -0.3 is 14.4 Å². The van der Waals surface area contributed by atoms with Gasteiger partial charge in [-0.15, -0.1) is 0 Å². The summed E-state index contributed by atoms with van der Waals surface area (Å²) in [5.74, 6) is 0.0127. The van der Waals surface area contributed by atoms with Crippen LogP contribution in [0.1, 0.15) is 23.2 Å². The minimum Gasteiger partial charge on any atom is -0.476 e. The molecule has 94 valence electrons. The first-order valence-electron chi connectivity index (χ1n) is 5.54. The maximum Gasteiger partial charge on any atom is 0.358 e. The molecule has 0 aliphatic heterocycles. The number of anilines is 1. The Bertz CT molecular complexity index is 525. The van der Waals surface area contributed by atoms with Gasteiger partial charge in [0.05, 0.1) is 12.8 Å². The average molecular weight is 247 g/mol. The van der Waals surface area contributed by atoms with Gasteiger partial charge in [0.2, 0.25) is 0 Å². The summed E-state index contributed by atoms with van der Waals surface area (Å²) < 4.78 is 5.25. The number of hydrogen-bond donors (Lipinski definition) is 1. The molecule has 0 spiro atoms. The summed E-state index contributed by atoms with van der Waals surface area (Å²) in [6.07, 6.45) is 4.43. The Balaban J connectivity index is 2.30. The molecule has 1 N–H and O–H groups in total. The predicted octanol–water partition coefficient (Wildman–Crippen LogP) is 1.79. The summed E-state index contributed by atoms with van der Waals surface area (Å²) in [7, 11) is 0. The molecule has 0 aliphatic rings. The molecule has 0 unspecified atom stereocenters. The summed E-state index contributed by atoms with van der Waals surface area (Å²) >= 11 is 0. The third-order valence-corrected chi connectivity index (χ3v) is 2.49. The van der Waals surface area contributed by atoms with Crippen LogP contribution in [0.3, 0.4) is 0 Å². The van der Waals surface area contributed by atoms with E-state index in [4.69, 9.17) is 9.52 Å². The topological polar surface area (TPSA) is 79.5 Å². The molecule has 0 bridgehead atoms. The lowest BCUT2D eigenvalue weighted by atomic mass is 10.3. The fraction of sp³-hybridized carbons (Fsp3) is 0.250. The molecule has 6 nitrogen and oxygen atoms in total. The Morgan fingerprint density at radius 3 is 2.83 bits per heavy atom. The fourth-order valence-corrected chi connectivity index (χ4v) is 1.64. The van der Waals surface area contributed by atoms with Crippen molar-refractivity contribution in [2.45, 2.75) is 13.5 Å². The van der Waals surface area contributed by atoms with E-state index >= 15 is 0 Å². The summed E-state index contributed by atoms with van der Waals surface area (Å²) in [5, 5.41) is 9.08. The van der Waals surface area contributed by atoms with Crippen molar-refractivity contribution < 1.29 is 14.3 Å². The minimum absolute atomic E-state index is 0.0501. The van der Waals surface area contributed by atoms with Crippen LogP contribution in [0, 0.1) is 0 Å². The second-order valence-electron chi connectivity index (χ2n) is 3.63. The van der Waals surface area contributed by atoms with Crippen molar-refractivity contribution >= 4 is 11.8 Å². The van der Waals surface area contributed by atoms with Crippen molar-refractivity contribution in [2.75, 3.05) is 11.4 Å². The number of hydrogen-bond acceptors (Lipinski definition) is 5. The van der Waals surface area contributed by atoms with E-state index in [1.807, 2.05) is 13.0 Å². The first kappa shape index (κ1) is 12.1. The second-order valence-corrected chi connectivity index (χ2v) is 3.63. The summed E-state index contributed by atoms with van der Waals surface area (Å²) in [4.78, 5) is 20.8. The van der Waals surface area contributed by atoms with Gasteiger partial charge >= 0.3 is 5.97 Å². The Morgan fingerprint density at radius 2 is 2.22 bits per heavy atom. The smallest absolute Gasteiger partial charge is 0.358 e. The lowest BCUT2D eigenvalue weighted by Gasteiger charge is -2.21. The maximum atomic E-state index is 11.1. The van der Waals surface area contributed by atoms with Crippen LogP contribution < -0.4 is 4.90 Å². The van der Waals surface area contributed by atoms with Crippen molar-refractivity contribution in [1.29, 1.82) is 0 Å². The number of aromatic carboxylic acids is 1. The van der Waals surface area contributed by atoms with Crippen LogP contribution in [0.4, 0.5) is 5.82 Å². The van der Waals surface area contributed by atoms with Gasteiger partial charge in [0.25, 0.3) is 0 Å². The van der Waals surface area contributed by atoms with Crippen molar-refractivity contribution in [3.63, 3.8) is 0 Å². The van der Waals surface area contributed by atoms with E-state index in [0.717, 1.165) is 5.76 Å². The van der Waals surface area contributed by atoms with Crippen LogP contribution in [0.15, 0.2) is 35.2 Å². The van der Waals surface area contributed by atoms with E-state index in [1.54, 1.807) is 17.2 Å². The van der Waals surface area contributed by atoms with E-state index in [-0.39, 0.29) is 5.69 Å². The standard InChI is InChI=1S/C12H13N3O3/c1-2-15(8-9-4-3-7-18-9)11-10(12(16)17)13-5-6-14-11/h3-7H,2,8H2,1H3,(H,16,17). The van der Waals surface area contributed by atoms with E-state index in [0.29, 0.717) is 18.9 Å². The van der Waals surface area contributed by atoms with Gasteiger partial charge in [-0.3, -0.25) is 0 Å². The highest BCUT2D eigenvalue weighted by Crippen LogP contribution is 2.17. The summed E-state index contributed by atoms with van der Waals surface area (Å²) in [6.45, 7) is 2.99. The van der Waals surface area contributed by atoms with Gasteiger partial charge in [-0.25, -0.2) is 14.8 Å². The molecule has 0 radical (unpaired) electrons. The number of rotatable bonds is 5. The quantitative estimate of drug-likeness (QED) is 0.867. The van der Waals surface area contributed by atoms with E-state index in [9.17, 15) is 4.79 Å². The zero-order valence-electron chi connectivity index (χ0n) is 9.91. The van der Waals surface area contributed by atoms with Crippen LogP contribution in [-0.2, 0) is 6.54 Å². The van der Waals surface area contributed by atoms with Crippen LogP contribution in [0.25, 0.3) is 0 Å². The van der Waals surface area contributed by atoms with Gasteiger partial charge in [0, 0.05) is 18.9 Å². The van der Waals surface area contributed by atoms with E-state index < -0.39 is 5.97 Å². The van der Waals surface area contributed by atoms with Crippen molar-refractivity contribution in [2.24, 2.45) is 0 Å². The molecule has 0 saturated carbocycles. The first-order valence-corrected chi connectivity index (χ1v) is 5.54. The third-order valence-electron chi connectivity index (χ3n) is 2.49. The predicted molar refractivity (Wildman–Crippen MR) is 64.4 cm³/mol. The molecule has 0 aromatic carbocycles. The molecular weight excluding hydrogens is 234 g/mol. The molecule has 2 aromatic heterocycles. The van der Waals surface area contributed by atoms with Crippen LogP contribution in [0.2, 0.25) is 0 Å². The highest BCUT2D eigenvalue weighted by Gasteiger charge is 2.18. The zero-order chi connectivity index (χ0) is 13.0. The summed E-state index contributed by atoms with van der Waals surface area (Å²) in [5.41, 5.74) is -0.0501. The Labute approximate surface area is 104 Å². The molecular formula is C12H13N3O3. The molecule has 6 heteroatoms. The van der Waals surface area contributed by atoms with Crippen LogP contribution in [0.5, 0.6) is 0 Å². The molecule has 0 atom stereocenters. The molecule has 0 saturated heterocycles. The molecule has 2 aromatic rings. The molecule has 2 rings (SSSR count). The highest BCUT2D eigenvalue weighted by atomic mass is 16.4. The number of furan rings is 1. The van der Waals surface area contributed by atoms with Crippen molar-refractivity contribution in [3.05, 3.63) is 42.2 Å². The normalized spacial score (nSPS) is 10.3. The van der Waals surface area contributed by atoms with E-state index in [1.165, 1.54) is 12.4 Å². The molecule has 0 fully saturated rings. The van der Waals surface area contributed by atoms with Gasteiger partial charge in [-0.05, 0) is 19.1 Å². The van der Waals surface area contributed by atoms with E-state index in [2.05, 4.69) is 9.97 Å². The fourth-order valence-electron chi connectivity index (χ4n) is 1.64. The Kier molecular flexibility index (Phi) is 3.57. The monoisotopic (exact) mass is 247 g/mol. The first-order chi connectivity index (χ1) is 8.72. The minimum atomic E-state index is -1.09. The van der Waals surface area contributed by atoms with Crippen LogP contribution >= 0.6 is 0 Å². The molecule has 18 heavy (non-hydrogen) atoms. The molecule has 0 amide bonds. The Morgan fingerprint density at radius 1 is 1.44 bits per heavy atom. The SMILES string of the molecule is CCN(Cc1ccco1)c1nccnc1C(=O)O. The molecule has 0 aliphatic carbocycles. The Hall–Kier alpha value is -2.37. The van der Waals surface area contributed by atoms with Gasteiger partial charge in [-0.1, -0.05) is 0 Å². The number of carbonyl (C=O) groups is 1. The van der Waals surface area contributed by atoms with Crippen LogP contribution in [-0.4, -0.2) is 27.6 Å². The van der Waals surface area contributed by atoms with Crippen molar-refractivity contribution in [3.8, 4) is 0 Å². The third kappa shape index (κ3) is 2.48. The number of carboxylic acid groups (broad SMARTS) is 1. The van der Waals surface area contributed by atoms with Gasteiger partial charge in [0.15, 0.2) is 11.5 Å². The second kappa shape index (κ2) is 5.31. The highest BCUT2D eigenvalue weighted by molar-refractivity contribution is 5.90. The number of aromatic nitrogens is 2. The zero-order valence-corrected chi connectivity index (χ0v) is 9.91. The average Bonchev–Trinajstić information content (AvgIpc) is 2.88. The lowest BCUT2D eigenvalue weighted by Crippen LogP contribution is -2.25. The lowest BCUT2D eigenvalue weighted by molar-refractivity contribution is 0.0690. The summed E-state index contributed by atoms with van der Waals surface area (Å²) in [6, 6.07) is 3.62. The maximum absolute atomic E-state index is 11.1. The largest absolute Gasteiger partial charge is 0.476 e. The van der Waals surface area contributed by atoms with Gasteiger partial charge in [0.1, 0.15) is 5.76 Å².